The van der Waals surface area contributed by atoms with Crippen LogP contribution in [0.2, 0.25) is 0 Å². The third kappa shape index (κ3) is 7.11. The lowest BCUT2D eigenvalue weighted by atomic mass is 10.1. The van der Waals surface area contributed by atoms with Gasteiger partial charge in [-0.05, 0) is 37.5 Å². The van der Waals surface area contributed by atoms with Crippen molar-refractivity contribution in [2.24, 2.45) is 0 Å². The van der Waals surface area contributed by atoms with Crippen LogP contribution in [0.1, 0.15) is 48.4 Å². The number of nitrogens with one attached hydrogen (secondary N) is 2. The number of carbonyl (C=O) groups excluding carboxylic acids is 2. The van der Waals surface area contributed by atoms with Crippen LogP contribution in [0.25, 0.3) is 0 Å². The predicted molar refractivity (Wildman–Crippen MR) is 98.7 cm³/mol. The first-order valence-corrected chi connectivity index (χ1v) is 8.92. The molecule has 0 radical (unpaired) electrons. The second kappa shape index (κ2) is 11.1. The monoisotopic (exact) mass is 358 g/mol. The highest BCUT2D eigenvalue weighted by Crippen LogP contribution is 2.15. The third-order valence-corrected chi connectivity index (χ3v) is 3.89. The van der Waals surface area contributed by atoms with E-state index in [1.807, 2.05) is 37.3 Å². The van der Waals surface area contributed by atoms with Gasteiger partial charge in [0.2, 0.25) is 5.91 Å². The van der Waals surface area contributed by atoms with E-state index in [1.54, 1.807) is 12.1 Å². The Morgan fingerprint density at radius 3 is 2.54 bits per heavy atom. The minimum Gasteiger partial charge on any atom is -0.459 e. The molecule has 1 aromatic carbocycles. The Morgan fingerprint density at radius 2 is 1.81 bits per heavy atom. The zero-order valence-electron chi connectivity index (χ0n) is 15.1. The molecule has 6 nitrogen and oxygen atoms in total. The molecule has 0 spiro atoms. The molecule has 2 N–H and O–H groups in total. The van der Waals surface area contributed by atoms with Gasteiger partial charge in [-0.25, -0.2) is 0 Å². The van der Waals surface area contributed by atoms with Crippen LogP contribution in [0.15, 0.2) is 53.1 Å². The van der Waals surface area contributed by atoms with Gasteiger partial charge in [0.05, 0.1) is 12.4 Å². The normalized spacial score (nSPS) is 11.7. The molecule has 0 aliphatic rings. The van der Waals surface area contributed by atoms with E-state index in [0.717, 1.165) is 12.0 Å². The highest BCUT2D eigenvalue weighted by molar-refractivity contribution is 5.91. The van der Waals surface area contributed by atoms with Crippen molar-refractivity contribution < 1.29 is 18.7 Å². The Bertz CT molecular complexity index is 656. The summed E-state index contributed by atoms with van der Waals surface area (Å²) < 4.78 is 10.8. The van der Waals surface area contributed by atoms with Crippen LogP contribution in [-0.2, 0) is 9.53 Å². The number of rotatable bonds is 11. The van der Waals surface area contributed by atoms with E-state index < -0.39 is 0 Å². The third-order valence-electron chi connectivity index (χ3n) is 3.89. The van der Waals surface area contributed by atoms with Gasteiger partial charge in [-0.2, -0.15) is 0 Å². The van der Waals surface area contributed by atoms with Gasteiger partial charge in [-0.15, -0.1) is 0 Å². The summed E-state index contributed by atoms with van der Waals surface area (Å²) in [5, 5.41) is 5.57. The van der Waals surface area contributed by atoms with Gasteiger partial charge in [-0.1, -0.05) is 30.3 Å². The summed E-state index contributed by atoms with van der Waals surface area (Å²) in [6, 6.07) is 13.3. The summed E-state index contributed by atoms with van der Waals surface area (Å²) in [7, 11) is 0. The summed E-state index contributed by atoms with van der Waals surface area (Å²) in [6.07, 6.45) is 3.22. The molecule has 140 valence electrons. The molecule has 0 bridgehead atoms. The molecule has 2 amide bonds. The fourth-order valence-corrected chi connectivity index (χ4v) is 2.41. The summed E-state index contributed by atoms with van der Waals surface area (Å²) in [6.45, 7) is 3.63. The van der Waals surface area contributed by atoms with Crippen molar-refractivity contribution in [3.05, 3.63) is 60.1 Å². The molecule has 26 heavy (non-hydrogen) atoms. The van der Waals surface area contributed by atoms with E-state index in [4.69, 9.17) is 9.15 Å². The number of hydrogen-bond acceptors (Lipinski definition) is 4. The van der Waals surface area contributed by atoms with Gasteiger partial charge < -0.3 is 19.8 Å². The molecule has 0 saturated heterocycles. The zero-order chi connectivity index (χ0) is 18.6. The zero-order valence-corrected chi connectivity index (χ0v) is 15.1. The maximum Gasteiger partial charge on any atom is 0.286 e. The highest BCUT2D eigenvalue weighted by atomic mass is 16.5. The number of hydrogen-bond donors (Lipinski definition) is 2. The van der Waals surface area contributed by atoms with Crippen molar-refractivity contribution in [3.63, 3.8) is 0 Å². The Balaban J connectivity index is 1.47. The van der Waals surface area contributed by atoms with Crippen LogP contribution in [0, 0.1) is 0 Å². The van der Waals surface area contributed by atoms with E-state index in [9.17, 15) is 9.59 Å². The largest absolute Gasteiger partial charge is 0.459 e. The Kier molecular flexibility index (Phi) is 8.42. The van der Waals surface area contributed by atoms with Gasteiger partial charge in [0, 0.05) is 26.1 Å². The van der Waals surface area contributed by atoms with Crippen LogP contribution >= 0.6 is 0 Å². The number of carbonyl (C=O) groups is 2. The first kappa shape index (κ1) is 19.7. The minimum absolute atomic E-state index is 0.0200. The quantitative estimate of drug-likeness (QED) is 0.605. The van der Waals surface area contributed by atoms with Crippen molar-refractivity contribution in [3.8, 4) is 0 Å². The van der Waals surface area contributed by atoms with Crippen LogP contribution in [0.4, 0.5) is 0 Å². The molecular weight excluding hydrogens is 332 g/mol. The molecule has 1 unspecified atom stereocenters. The molecule has 1 atom stereocenters. The molecule has 2 rings (SSSR count). The molecule has 2 aromatic rings. The van der Waals surface area contributed by atoms with Gasteiger partial charge in [-0.3, -0.25) is 9.59 Å². The summed E-state index contributed by atoms with van der Waals surface area (Å²) in [5.41, 5.74) is 1.15. The number of furan rings is 1. The van der Waals surface area contributed by atoms with Crippen molar-refractivity contribution >= 4 is 11.8 Å². The maximum atomic E-state index is 11.8. The number of benzene rings is 1. The van der Waals surface area contributed by atoms with Crippen molar-refractivity contribution in [2.45, 2.75) is 32.3 Å². The van der Waals surface area contributed by atoms with Crippen LogP contribution in [0.3, 0.4) is 0 Å². The van der Waals surface area contributed by atoms with E-state index in [1.165, 1.54) is 6.26 Å². The second-order valence-electron chi connectivity index (χ2n) is 5.96. The Labute approximate surface area is 153 Å². The maximum absolute atomic E-state index is 11.8. The molecule has 0 aliphatic carbocycles. The Hall–Kier alpha value is -2.60. The van der Waals surface area contributed by atoms with E-state index in [0.29, 0.717) is 32.5 Å². The SMILES string of the molecule is CC(OCCCNC(=O)CCCNC(=O)c1ccco1)c1ccccc1. The summed E-state index contributed by atoms with van der Waals surface area (Å²) in [5.74, 6) is -0.00682. The average molecular weight is 358 g/mol. The van der Waals surface area contributed by atoms with E-state index >= 15 is 0 Å². The molecule has 0 saturated carbocycles. The molecule has 1 heterocycles. The highest BCUT2D eigenvalue weighted by Gasteiger charge is 2.08. The topological polar surface area (TPSA) is 80.6 Å². The second-order valence-corrected chi connectivity index (χ2v) is 5.96. The lowest BCUT2D eigenvalue weighted by Crippen LogP contribution is -2.28. The van der Waals surface area contributed by atoms with Gasteiger partial charge >= 0.3 is 0 Å². The molecule has 0 fully saturated rings. The van der Waals surface area contributed by atoms with Crippen molar-refractivity contribution in [1.82, 2.24) is 10.6 Å². The standard InChI is InChI=1S/C20H26N2O4/c1-16(17-8-3-2-4-9-17)25-15-7-13-21-19(23)11-5-12-22-20(24)18-10-6-14-26-18/h2-4,6,8-10,14,16H,5,7,11-13,15H2,1H3,(H,21,23)(H,22,24). The molecule has 1 aromatic heterocycles. The molecule has 0 aliphatic heterocycles. The molecule has 6 heteroatoms. The van der Waals surface area contributed by atoms with Crippen LogP contribution in [-0.4, -0.2) is 31.5 Å². The minimum atomic E-state index is -0.264. The van der Waals surface area contributed by atoms with Crippen LogP contribution < -0.4 is 10.6 Å². The van der Waals surface area contributed by atoms with Crippen molar-refractivity contribution in [1.29, 1.82) is 0 Å². The summed E-state index contributed by atoms with van der Waals surface area (Å²) in [4.78, 5) is 23.4. The fraction of sp³-hybridized carbons (Fsp3) is 0.400. The lowest BCUT2D eigenvalue weighted by molar-refractivity contribution is -0.121. The van der Waals surface area contributed by atoms with E-state index in [2.05, 4.69) is 10.6 Å². The number of ether oxygens (including phenoxy) is 1. The Morgan fingerprint density at radius 1 is 1.04 bits per heavy atom. The van der Waals surface area contributed by atoms with Gasteiger partial charge in [0.1, 0.15) is 0 Å². The van der Waals surface area contributed by atoms with Gasteiger partial charge in [0.15, 0.2) is 5.76 Å². The first-order chi connectivity index (χ1) is 12.7. The van der Waals surface area contributed by atoms with Crippen LogP contribution in [0.5, 0.6) is 0 Å². The lowest BCUT2D eigenvalue weighted by Gasteiger charge is -2.13. The molecular formula is C20H26N2O4. The summed E-state index contributed by atoms with van der Waals surface area (Å²) >= 11 is 0. The number of amides is 2. The van der Waals surface area contributed by atoms with Gasteiger partial charge in [0.25, 0.3) is 5.91 Å². The average Bonchev–Trinajstić information content (AvgIpc) is 3.20. The fourth-order valence-electron chi connectivity index (χ4n) is 2.41. The smallest absolute Gasteiger partial charge is 0.286 e. The van der Waals surface area contributed by atoms with E-state index in [-0.39, 0.29) is 23.7 Å². The predicted octanol–water partition coefficient (Wildman–Crippen LogP) is 3.07. The first-order valence-electron chi connectivity index (χ1n) is 8.92. The van der Waals surface area contributed by atoms with Crippen molar-refractivity contribution in [2.75, 3.05) is 19.7 Å².